The van der Waals surface area contributed by atoms with Gasteiger partial charge in [0, 0.05) is 17.2 Å². The van der Waals surface area contributed by atoms with E-state index in [2.05, 4.69) is 12.1 Å². The number of benzene rings is 2. The zero-order valence-corrected chi connectivity index (χ0v) is 12.4. The van der Waals surface area contributed by atoms with Gasteiger partial charge < -0.3 is 15.2 Å². The first-order valence-corrected chi connectivity index (χ1v) is 7.49. The third kappa shape index (κ3) is 4.47. The number of methoxy groups -OCH3 is 1. The maximum absolute atomic E-state index is 5.69. The molecule has 2 aromatic rings. The highest BCUT2D eigenvalue weighted by atomic mass is 32.2. The van der Waals surface area contributed by atoms with Crippen molar-refractivity contribution in [3.8, 4) is 11.5 Å². The monoisotopic (exact) mass is 289 g/mol. The normalized spacial score (nSPS) is 10.3. The van der Waals surface area contributed by atoms with E-state index in [4.69, 9.17) is 15.2 Å². The Morgan fingerprint density at radius 1 is 0.950 bits per heavy atom. The lowest BCUT2D eigenvalue weighted by molar-refractivity contribution is 0.344. The quantitative estimate of drug-likeness (QED) is 0.627. The van der Waals surface area contributed by atoms with Crippen molar-refractivity contribution in [3.05, 3.63) is 54.1 Å². The Morgan fingerprint density at radius 3 is 2.20 bits per heavy atom. The molecule has 0 aliphatic heterocycles. The summed E-state index contributed by atoms with van der Waals surface area (Å²) in [7, 11) is 1.67. The molecule has 0 saturated heterocycles. The number of rotatable bonds is 7. The summed E-state index contributed by atoms with van der Waals surface area (Å²) < 4.78 is 10.8. The van der Waals surface area contributed by atoms with Crippen LogP contribution in [-0.2, 0) is 6.54 Å². The minimum absolute atomic E-state index is 0.563. The minimum atomic E-state index is 0.563. The van der Waals surface area contributed by atoms with Gasteiger partial charge in [0.15, 0.2) is 0 Å². The Labute approximate surface area is 124 Å². The lowest BCUT2D eigenvalue weighted by Crippen LogP contribution is -2.01. The summed E-state index contributed by atoms with van der Waals surface area (Å²) in [5, 5.41) is 0. The lowest BCUT2D eigenvalue weighted by atomic mass is 10.2. The van der Waals surface area contributed by atoms with Crippen LogP contribution in [0.15, 0.2) is 53.4 Å². The second-order valence-corrected chi connectivity index (χ2v) is 5.39. The molecule has 106 valence electrons. The molecule has 0 saturated carbocycles. The van der Waals surface area contributed by atoms with Gasteiger partial charge in [0.25, 0.3) is 0 Å². The lowest BCUT2D eigenvalue weighted by Gasteiger charge is -2.07. The summed E-state index contributed by atoms with van der Waals surface area (Å²) in [4.78, 5) is 1.22. The van der Waals surface area contributed by atoms with Gasteiger partial charge in [0.05, 0.1) is 13.7 Å². The number of hydrogen-bond acceptors (Lipinski definition) is 4. The van der Waals surface area contributed by atoms with Gasteiger partial charge in [0.1, 0.15) is 11.5 Å². The van der Waals surface area contributed by atoms with Crippen molar-refractivity contribution in [2.75, 3.05) is 19.5 Å². The van der Waals surface area contributed by atoms with Crippen molar-refractivity contribution in [3.63, 3.8) is 0 Å². The fraction of sp³-hybridized carbons (Fsp3) is 0.250. The average Bonchev–Trinajstić information content (AvgIpc) is 2.53. The van der Waals surface area contributed by atoms with Gasteiger partial charge in [-0.15, -0.1) is 11.8 Å². The van der Waals surface area contributed by atoms with E-state index in [1.807, 2.05) is 36.4 Å². The van der Waals surface area contributed by atoms with Crippen LogP contribution in [-0.4, -0.2) is 19.5 Å². The SMILES string of the molecule is COc1ccc(SCCOc2ccc(CN)cc2)cc1. The molecule has 3 nitrogen and oxygen atoms in total. The summed E-state index contributed by atoms with van der Waals surface area (Å²) >= 11 is 1.77. The number of nitrogens with two attached hydrogens (primary N) is 1. The molecule has 2 N–H and O–H groups in total. The van der Waals surface area contributed by atoms with Gasteiger partial charge in [0.2, 0.25) is 0 Å². The molecule has 0 aliphatic carbocycles. The molecular formula is C16H19NO2S. The van der Waals surface area contributed by atoms with Crippen LogP contribution in [0.5, 0.6) is 11.5 Å². The van der Waals surface area contributed by atoms with E-state index in [0.29, 0.717) is 13.2 Å². The number of hydrogen-bond donors (Lipinski definition) is 1. The Kier molecular flexibility index (Phi) is 5.77. The van der Waals surface area contributed by atoms with E-state index in [9.17, 15) is 0 Å². The average molecular weight is 289 g/mol. The molecule has 4 heteroatoms. The van der Waals surface area contributed by atoms with Crippen LogP contribution >= 0.6 is 11.8 Å². The topological polar surface area (TPSA) is 44.5 Å². The molecule has 0 aliphatic rings. The predicted molar refractivity (Wildman–Crippen MR) is 83.5 cm³/mol. The summed E-state index contributed by atoms with van der Waals surface area (Å²) in [6.45, 7) is 1.24. The standard InChI is InChI=1S/C16H19NO2S/c1-18-14-6-8-16(9-7-14)20-11-10-19-15-4-2-13(12-17)3-5-15/h2-9H,10-12,17H2,1H3. The van der Waals surface area contributed by atoms with Crippen LogP contribution in [0.4, 0.5) is 0 Å². The van der Waals surface area contributed by atoms with Crippen molar-refractivity contribution >= 4 is 11.8 Å². The highest BCUT2D eigenvalue weighted by molar-refractivity contribution is 7.99. The molecule has 2 aromatic carbocycles. The Balaban J connectivity index is 1.72. The zero-order chi connectivity index (χ0) is 14.2. The zero-order valence-electron chi connectivity index (χ0n) is 11.5. The van der Waals surface area contributed by atoms with Crippen molar-refractivity contribution in [1.82, 2.24) is 0 Å². The summed E-state index contributed by atoms with van der Waals surface area (Å²) in [5.74, 6) is 2.67. The molecule has 0 fully saturated rings. The molecule has 0 atom stereocenters. The van der Waals surface area contributed by atoms with Gasteiger partial charge in [-0.2, -0.15) is 0 Å². The minimum Gasteiger partial charge on any atom is -0.497 e. The van der Waals surface area contributed by atoms with E-state index < -0.39 is 0 Å². The maximum Gasteiger partial charge on any atom is 0.119 e. The fourth-order valence-corrected chi connectivity index (χ4v) is 2.44. The molecule has 0 bridgehead atoms. The number of thioether (sulfide) groups is 1. The summed E-state index contributed by atoms with van der Waals surface area (Å²) in [5.41, 5.74) is 6.67. The van der Waals surface area contributed by atoms with Crippen molar-refractivity contribution in [1.29, 1.82) is 0 Å². The molecule has 20 heavy (non-hydrogen) atoms. The Hall–Kier alpha value is -1.65. The van der Waals surface area contributed by atoms with Gasteiger partial charge in [-0.1, -0.05) is 12.1 Å². The molecule has 0 amide bonds. The van der Waals surface area contributed by atoms with Crippen molar-refractivity contribution < 1.29 is 9.47 Å². The Morgan fingerprint density at radius 2 is 1.60 bits per heavy atom. The molecule has 0 aromatic heterocycles. The van der Waals surface area contributed by atoms with Crippen LogP contribution in [0.3, 0.4) is 0 Å². The smallest absolute Gasteiger partial charge is 0.119 e. The van der Waals surface area contributed by atoms with E-state index in [0.717, 1.165) is 22.8 Å². The second kappa shape index (κ2) is 7.82. The van der Waals surface area contributed by atoms with Crippen LogP contribution in [0.25, 0.3) is 0 Å². The van der Waals surface area contributed by atoms with Crippen LogP contribution < -0.4 is 15.2 Å². The second-order valence-electron chi connectivity index (χ2n) is 4.22. The molecule has 0 radical (unpaired) electrons. The maximum atomic E-state index is 5.69. The largest absolute Gasteiger partial charge is 0.497 e. The third-order valence-electron chi connectivity index (χ3n) is 2.84. The van der Waals surface area contributed by atoms with Crippen LogP contribution in [0, 0.1) is 0 Å². The van der Waals surface area contributed by atoms with E-state index >= 15 is 0 Å². The van der Waals surface area contributed by atoms with Crippen LogP contribution in [0.1, 0.15) is 5.56 Å². The first-order valence-electron chi connectivity index (χ1n) is 6.50. The Bertz CT molecular complexity index is 462. The van der Waals surface area contributed by atoms with E-state index in [-0.39, 0.29) is 0 Å². The molecule has 0 unspecified atom stereocenters. The molecule has 0 spiro atoms. The van der Waals surface area contributed by atoms with E-state index in [1.165, 1.54) is 4.90 Å². The highest BCUT2D eigenvalue weighted by Crippen LogP contribution is 2.21. The molecule has 0 heterocycles. The first-order chi connectivity index (χ1) is 9.81. The van der Waals surface area contributed by atoms with Gasteiger partial charge in [-0.25, -0.2) is 0 Å². The summed E-state index contributed by atoms with van der Waals surface area (Å²) in [6, 6.07) is 15.9. The molecular weight excluding hydrogens is 270 g/mol. The summed E-state index contributed by atoms with van der Waals surface area (Å²) in [6.07, 6.45) is 0. The predicted octanol–water partition coefficient (Wildman–Crippen LogP) is 3.33. The molecule has 2 rings (SSSR count). The highest BCUT2D eigenvalue weighted by Gasteiger charge is 1.97. The van der Waals surface area contributed by atoms with Gasteiger partial charge in [-0.3, -0.25) is 0 Å². The van der Waals surface area contributed by atoms with Crippen LogP contribution in [0.2, 0.25) is 0 Å². The van der Waals surface area contributed by atoms with Crippen molar-refractivity contribution in [2.24, 2.45) is 5.73 Å². The van der Waals surface area contributed by atoms with E-state index in [1.54, 1.807) is 18.9 Å². The number of ether oxygens (including phenoxy) is 2. The van der Waals surface area contributed by atoms with Gasteiger partial charge in [-0.05, 0) is 42.0 Å². The van der Waals surface area contributed by atoms with Crippen molar-refractivity contribution in [2.45, 2.75) is 11.4 Å². The van der Waals surface area contributed by atoms with Gasteiger partial charge >= 0.3 is 0 Å². The third-order valence-corrected chi connectivity index (χ3v) is 3.82. The fourth-order valence-electron chi connectivity index (χ4n) is 1.71. The first kappa shape index (κ1) is 14.8.